The second kappa shape index (κ2) is 4.82. The molecule has 0 heterocycles. The SMILES string of the molecule is C=CCS(=O)c1ccc(OC)cc1. The van der Waals surface area contributed by atoms with Gasteiger partial charge in [-0.2, -0.15) is 0 Å². The Hall–Kier alpha value is -1.09. The van der Waals surface area contributed by atoms with E-state index in [4.69, 9.17) is 4.74 Å². The van der Waals surface area contributed by atoms with E-state index in [0.717, 1.165) is 10.6 Å². The lowest BCUT2D eigenvalue weighted by Crippen LogP contribution is -1.94. The molecule has 0 bridgehead atoms. The lowest BCUT2D eigenvalue weighted by atomic mass is 10.3. The third kappa shape index (κ3) is 2.70. The molecule has 0 fully saturated rings. The van der Waals surface area contributed by atoms with Crippen LogP contribution in [0.3, 0.4) is 0 Å². The molecule has 1 aromatic rings. The molecule has 13 heavy (non-hydrogen) atoms. The van der Waals surface area contributed by atoms with Crippen LogP contribution >= 0.6 is 0 Å². The summed E-state index contributed by atoms with van der Waals surface area (Å²) in [4.78, 5) is 0.806. The summed E-state index contributed by atoms with van der Waals surface area (Å²) in [5.41, 5.74) is 0. The van der Waals surface area contributed by atoms with Gasteiger partial charge in [-0.1, -0.05) is 6.08 Å². The maximum atomic E-state index is 11.4. The van der Waals surface area contributed by atoms with E-state index in [1.165, 1.54) is 0 Å². The Morgan fingerprint density at radius 1 is 1.46 bits per heavy atom. The first kappa shape index (κ1) is 9.99. The van der Waals surface area contributed by atoms with E-state index in [9.17, 15) is 4.21 Å². The molecule has 1 rings (SSSR count). The smallest absolute Gasteiger partial charge is 0.118 e. The molecule has 0 aliphatic heterocycles. The maximum Gasteiger partial charge on any atom is 0.118 e. The van der Waals surface area contributed by atoms with Crippen LogP contribution < -0.4 is 4.74 Å². The van der Waals surface area contributed by atoms with Gasteiger partial charge in [-0.3, -0.25) is 4.21 Å². The number of methoxy groups -OCH3 is 1. The normalized spacial score (nSPS) is 12.1. The summed E-state index contributed by atoms with van der Waals surface area (Å²) in [5.74, 6) is 1.27. The van der Waals surface area contributed by atoms with E-state index in [1.807, 2.05) is 0 Å². The van der Waals surface area contributed by atoms with Crippen molar-refractivity contribution in [3.05, 3.63) is 36.9 Å². The Balaban J connectivity index is 2.79. The minimum atomic E-state index is -0.967. The standard InChI is InChI=1S/C10H12O2S/c1-3-8-13(11)10-6-4-9(12-2)5-7-10/h3-7H,1,8H2,2H3. The number of benzene rings is 1. The zero-order chi connectivity index (χ0) is 9.68. The highest BCUT2D eigenvalue weighted by Gasteiger charge is 2.00. The first-order chi connectivity index (χ1) is 6.27. The van der Waals surface area contributed by atoms with E-state index in [1.54, 1.807) is 37.5 Å². The summed E-state index contributed by atoms with van der Waals surface area (Å²) in [6, 6.07) is 7.21. The van der Waals surface area contributed by atoms with Gasteiger partial charge in [-0.05, 0) is 24.3 Å². The van der Waals surface area contributed by atoms with Crippen molar-refractivity contribution in [1.29, 1.82) is 0 Å². The van der Waals surface area contributed by atoms with E-state index in [0.29, 0.717) is 5.75 Å². The molecule has 0 N–H and O–H groups in total. The summed E-state index contributed by atoms with van der Waals surface area (Å²) >= 11 is 0. The third-order valence-corrected chi connectivity index (χ3v) is 2.93. The molecule has 1 atom stereocenters. The number of ether oxygens (including phenoxy) is 1. The minimum absolute atomic E-state index is 0.492. The Morgan fingerprint density at radius 3 is 2.54 bits per heavy atom. The average Bonchev–Trinajstić information content (AvgIpc) is 2.18. The molecule has 0 saturated heterocycles. The first-order valence-corrected chi connectivity index (χ1v) is 5.23. The Kier molecular flexibility index (Phi) is 3.71. The molecule has 70 valence electrons. The van der Waals surface area contributed by atoms with Gasteiger partial charge < -0.3 is 4.74 Å². The van der Waals surface area contributed by atoms with E-state index in [2.05, 4.69) is 6.58 Å². The first-order valence-electron chi connectivity index (χ1n) is 3.91. The van der Waals surface area contributed by atoms with Crippen molar-refractivity contribution in [1.82, 2.24) is 0 Å². The predicted molar refractivity (Wildman–Crippen MR) is 54.5 cm³/mol. The molecule has 0 aliphatic rings. The predicted octanol–water partition coefficient (Wildman–Crippen LogP) is 1.99. The highest BCUT2D eigenvalue weighted by Crippen LogP contribution is 2.14. The van der Waals surface area contributed by atoms with Crippen LogP contribution in [0.5, 0.6) is 5.75 Å². The van der Waals surface area contributed by atoms with Gasteiger partial charge in [0.1, 0.15) is 5.75 Å². The van der Waals surface area contributed by atoms with Gasteiger partial charge >= 0.3 is 0 Å². The topological polar surface area (TPSA) is 26.3 Å². The molecule has 0 spiro atoms. The quantitative estimate of drug-likeness (QED) is 0.688. The summed E-state index contributed by atoms with van der Waals surface area (Å²) in [5, 5.41) is 0. The molecule has 0 saturated carbocycles. The van der Waals surface area contributed by atoms with Crippen LogP contribution in [0.4, 0.5) is 0 Å². The van der Waals surface area contributed by atoms with Crippen molar-refractivity contribution in [2.24, 2.45) is 0 Å². The van der Waals surface area contributed by atoms with Gasteiger partial charge in [0, 0.05) is 10.6 Å². The Bertz CT molecular complexity index is 303. The average molecular weight is 196 g/mol. The summed E-state index contributed by atoms with van der Waals surface area (Å²) in [6.07, 6.45) is 1.65. The van der Waals surface area contributed by atoms with Gasteiger partial charge in [0.15, 0.2) is 0 Å². The fourth-order valence-electron chi connectivity index (χ4n) is 0.931. The molecule has 2 nitrogen and oxygen atoms in total. The molecule has 1 unspecified atom stereocenters. The van der Waals surface area contributed by atoms with E-state index < -0.39 is 10.8 Å². The van der Waals surface area contributed by atoms with Crippen molar-refractivity contribution >= 4 is 10.8 Å². The second-order valence-corrected chi connectivity index (χ2v) is 3.97. The Labute approximate surface area is 80.7 Å². The fourth-order valence-corrected chi connectivity index (χ4v) is 1.78. The van der Waals surface area contributed by atoms with Crippen LogP contribution in [-0.4, -0.2) is 17.1 Å². The van der Waals surface area contributed by atoms with Gasteiger partial charge in [0.25, 0.3) is 0 Å². The van der Waals surface area contributed by atoms with Crippen molar-refractivity contribution in [2.75, 3.05) is 12.9 Å². The zero-order valence-corrected chi connectivity index (χ0v) is 8.34. The van der Waals surface area contributed by atoms with Gasteiger partial charge in [-0.15, -0.1) is 6.58 Å². The highest BCUT2D eigenvalue weighted by atomic mass is 32.2. The van der Waals surface area contributed by atoms with Crippen LogP contribution in [0, 0.1) is 0 Å². The maximum absolute atomic E-state index is 11.4. The van der Waals surface area contributed by atoms with Crippen LogP contribution in [0.15, 0.2) is 41.8 Å². The summed E-state index contributed by atoms with van der Waals surface area (Å²) < 4.78 is 16.4. The lowest BCUT2D eigenvalue weighted by molar-refractivity contribution is 0.414. The molecule has 0 amide bonds. The van der Waals surface area contributed by atoms with E-state index in [-0.39, 0.29) is 0 Å². The molecule has 0 aromatic heterocycles. The molecule has 0 aliphatic carbocycles. The molecular formula is C10H12O2S. The molecule has 1 aromatic carbocycles. The highest BCUT2D eigenvalue weighted by molar-refractivity contribution is 7.85. The van der Waals surface area contributed by atoms with Crippen molar-refractivity contribution in [3.8, 4) is 5.75 Å². The minimum Gasteiger partial charge on any atom is -0.497 e. The fraction of sp³-hybridized carbons (Fsp3) is 0.200. The molecular weight excluding hydrogens is 184 g/mol. The third-order valence-electron chi connectivity index (χ3n) is 1.59. The van der Waals surface area contributed by atoms with Crippen LogP contribution in [-0.2, 0) is 10.8 Å². The van der Waals surface area contributed by atoms with Gasteiger partial charge in [-0.25, -0.2) is 0 Å². The Morgan fingerprint density at radius 2 is 2.08 bits per heavy atom. The van der Waals surface area contributed by atoms with Gasteiger partial charge in [0.2, 0.25) is 0 Å². The van der Waals surface area contributed by atoms with Crippen LogP contribution in [0.1, 0.15) is 0 Å². The monoisotopic (exact) mass is 196 g/mol. The van der Waals surface area contributed by atoms with Crippen molar-refractivity contribution in [3.63, 3.8) is 0 Å². The van der Waals surface area contributed by atoms with Crippen LogP contribution in [0.25, 0.3) is 0 Å². The molecule has 3 heteroatoms. The number of hydrogen-bond donors (Lipinski definition) is 0. The van der Waals surface area contributed by atoms with Crippen LogP contribution in [0.2, 0.25) is 0 Å². The van der Waals surface area contributed by atoms with Gasteiger partial charge in [0.05, 0.1) is 17.9 Å². The van der Waals surface area contributed by atoms with Crippen molar-refractivity contribution < 1.29 is 8.95 Å². The summed E-state index contributed by atoms with van der Waals surface area (Å²) in [7, 11) is 0.640. The largest absolute Gasteiger partial charge is 0.497 e. The molecule has 0 radical (unpaired) electrons. The zero-order valence-electron chi connectivity index (χ0n) is 7.53. The second-order valence-electron chi connectivity index (χ2n) is 2.48. The van der Waals surface area contributed by atoms with Crippen molar-refractivity contribution in [2.45, 2.75) is 4.90 Å². The lowest BCUT2D eigenvalue weighted by Gasteiger charge is -2.01. The van der Waals surface area contributed by atoms with E-state index >= 15 is 0 Å². The number of rotatable bonds is 4. The number of hydrogen-bond acceptors (Lipinski definition) is 2. The summed E-state index contributed by atoms with van der Waals surface area (Å²) in [6.45, 7) is 3.54.